The third-order valence-corrected chi connectivity index (χ3v) is 6.77. The van der Waals surface area contributed by atoms with Crippen molar-refractivity contribution in [2.75, 3.05) is 33.2 Å². The van der Waals surface area contributed by atoms with Crippen LogP contribution in [0.25, 0.3) is 5.65 Å². The predicted octanol–water partition coefficient (Wildman–Crippen LogP) is 4.93. The lowest BCUT2D eigenvalue weighted by atomic mass is 9.97. The number of aromatic nitrogens is 2. The van der Waals surface area contributed by atoms with Crippen molar-refractivity contribution in [3.8, 4) is 11.8 Å². The van der Waals surface area contributed by atoms with Crippen LogP contribution in [0.1, 0.15) is 38.3 Å². The van der Waals surface area contributed by atoms with E-state index in [-0.39, 0.29) is 24.3 Å². The van der Waals surface area contributed by atoms with Crippen LogP contribution >= 0.6 is 0 Å². The van der Waals surface area contributed by atoms with E-state index in [1.807, 2.05) is 40.7 Å². The van der Waals surface area contributed by atoms with E-state index in [2.05, 4.69) is 21.7 Å². The Bertz CT molecular complexity index is 1520. The first kappa shape index (κ1) is 25.7. The summed E-state index contributed by atoms with van der Waals surface area (Å²) >= 11 is 0. The summed E-state index contributed by atoms with van der Waals surface area (Å²) < 4.78 is 43.6. The highest BCUT2D eigenvalue weighted by Crippen LogP contribution is 2.34. The standard InChI is InChI=1S/C30H27F3N4O/c1-35-13-15-36(16-14-35)21-25-10-8-23(18-27(25)30(31,32)33)19-28(38)24-6-4-5-22(17-24)9-11-26-20-34-29-7-2-3-12-37(26)29/h2-8,10,12,17-18,20H,13-16,19,21H2,1H3. The van der Waals surface area contributed by atoms with E-state index >= 15 is 0 Å². The van der Waals surface area contributed by atoms with Gasteiger partial charge in [0, 0.05) is 56.5 Å². The summed E-state index contributed by atoms with van der Waals surface area (Å²) in [6.45, 7) is 3.35. The van der Waals surface area contributed by atoms with E-state index in [9.17, 15) is 18.0 Å². The Morgan fingerprint density at radius 2 is 1.79 bits per heavy atom. The van der Waals surface area contributed by atoms with Crippen molar-refractivity contribution in [2.45, 2.75) is 19.1 Å². The van der Waals surface area contributed by atoms with Crippen LogP contribution in [-0.2, 0) is 19.1 Å². The number of benzene rings is 2. The van der Waals surface area contributed by atoms with Crippen molar-refractivity contribution >= 4 is 11.4 Å². The highest BCUT2D eigenvalue weighted by molar-refractivity contribution is 5.97. The van der Waals surface area contributed by atoms with Gasteiger partial charge in [-0.15, -0.1) is 0 Å². The molecule has 0 aliphatic carbocycles. The van der Waals surface area contributed by atoms with E-state index < -0.39 is 11.7 Å². The molecule has 0 unspecified atom stereocenters. The van der Waals surface area contributed by atoms with Crippen LogP contribution in [0.15, 0.2) is 73.1 Å². The molecule has 5 nitrogen and oxygen atoms in total. The van der Waals surface area contributed by atoms with Crippen LogP contribution in [0.4, 0.5) is 13.2 Å². The number of hydrogen-bond donors (Lipinski definition) is 0. The number of piperazine rings is 1. The number of hydrogen-bond acceptors (Lipinski definition) is 4. The Balaban J connectivity index is 1.32. The number of ketones is 1. The maximum Gasteiger partial charge on any atom is 0.416 e. The number of imidazole rings is 1. The maximum atomic E-state index is 13.9. The molecule has 2 aromatic heterocycles. The average Bonchev–Trinajstić information content (AvgIpc) is 3.32. The minimum Gasteiger partial charge on any atom is -0.304 e. The molecule has 1 saturated heterocycles. The van der Waals surface area contributed by atoms with Crippen molar-refractivity contribution in [3.05, 3.63) is 107 Å². The lowest BCUT2D eigenvalue weighted by Crippen LogP contribution is -2.44. The van der Waals surface area contributed by atoms with Crippen molar-refractivity contribution < 1.29 is 18.0 Å². The molecule has 0 amide bonds. The Kier molecular flexibility index (Phi) is 7.32. The van der Waals surface area contributed by atoms with Crippen LogP contribution in [0, 0.1) is 11.8 Å². The van der Waals surface area contributed by atoms with Gasteiger partial charge in [0.2, 0.25) is 0 Å². The van der Waals surface area contributed by atoms with Gasteiger partial charge in [-0.1, -0.05) is 36.3 Å². The third kappa shape index (κ3) is 5.96. The summed E-state index contributed by atoms with van der Waals surface area (Å²) in [7, 11) is 2.01. The van der Waals surface area contributed by atoms with Gasteiger partial charge >= 0.3 is 6.18 Å². The van der Waals surface area contributed by atoms with E-state index in [0.29, 0.717) is 22.4 Å². The molecule has 8 heteroatoms. The Labute approximate surface area is 219 Å². The molecule has 0 N–H and O–H groups in total. The first-order valence-electron chi connectivity index (χ1n) is 12.4. The molecule has 1 fully saturated rings. The van der Waals surface area contributed by atoms with E-state index in [4.69, 9.17) is 0 Å². The van der Waals surface area contributed by atoms with E-state index in [0.717, 1.165) is 37.9 Å². The quantitative estimate of drug-likeness (QED) is 0.279. The molecule has 0 saturated carbocycles. The fraction of sp³-hybridized carbons (Fsp3) is 0.267. The van der Waals surface area contributed by atoms with Gasteiger partial charge in [-0.25, -0.2) is 4.98 Å². The fourth-order valence-corrected chi connectivity index (χ4v) is 4.60. The van der Waals surface area contributed by atoms with Crippen LogP contribution in [0.2, 0.25) is 0 Å². The molecule has 38 heavy (non-hydrogen) atoms. The number of pyridine rings is 1. The highest BCUT2D eigenvalue weighted by Gasteiger charge is 2.34. The molecule has 0 atom stereocenters. The normalized spacial score (nSPS) is 14.8. The smallest absolute Gasteiger partial charge is 0.304 e. The molecule has 194 valence electrons. The number of nitrogens with zero attached hydrogens (tertiary/aromatic N) is 4. The largest absolute Gasteiger partial charge is 0.416 e. The van der Waals surface area contributed by atoms with Crippen LogP contribution in [-0.4, -0.2) is 58.2 Å². The van der Waals surface area contributed by atoms with Gasteiger partial charge < -0.3 is 4.90 Å². The molecule has 3 heterocycles. The van der Waals surface area contributed by atoms with Gasteiger partial charge in [-0.05, 0) is 54.4 Å². The summed E-state index contributed by atoms with van der Waals surface area (Å²) in [5.41, 5.74) is 2.45. The summed E-state index contributed by atoms with van der Waals surface area (Å²) in [6.07, 6.45) is -1.06. The number of rotatable bonds is 5. The number of halogens is 3. The predicted molar refractivity (Wildman–Crippen MR) is 140 cm³/mol. The number of fused-ring (bicyclic) bond motifs is 1. The second kappa shape index (κ2) is 10.8. The highest BCUT2D eigenvalue weighted by atomic mass is 19.4. The van der Waals surface area contributed by atoms with Crippen molar-refractivity contribution in [1.29, 1.82) is 0 Å². The second-order valence-electron chi connectivity index (χ2n) is 9.57. The van der Waals surface area contributed by atoms with Crippen molar-refractivity contribution in [2.24, 2.45) is 0 Å². The number of carbonyl (C=O) groups excluding carboxylic acids is 1. The first-order chi connectivity index (χ1) is 18.3. The minimum absolute atomic E-state index is 0.123. The van der Waals surface area contributed by atoms with Gasteiger partial charge in [0.15, 0.2) is 5.78 Å². The third-order valence-electron chi connectivity index (χ3n) is 6.77. The van der Waals surface area contributed by atoms with E-state index in [1.54, 1.807) is 36.5 Å². The number of carbonyl (C=O) groups is 1. The SMILES string of the molecule is CN1CCN(Cc2ccc(CC(=O)c3cccc(C#Cc4cnc5ccccn45)c3)cc2C(F)(F)F)CC1. The zero-order valence-corrected chi connectivity index (χ0v) is 21.0. The zero-order valence-electron chi connectivity index (χ0n) is 21.0. The molecule has 5 rings (SSSR count). The molecule has 0 spiro atoms. The molecule has 1 aliphatic heterocycles. The van der Waals surface area contributed by atoms with Gasteiger partial charge in [-0.2, -0.15) is 13.2 Å². The molecular formula is C30H27F3N4O. The number of likely N-dealkylation sites (N-methyl/N-ethyl adjacent to an activating group) is 1. The monoisotopic (exact) mass is 516 g/mol. The van der Waals surface area contributed by atoms with Crippen molar-refractivity contribution in [3.63, 3.8) is 0 Å². The molecule has 0 bridgehead atoms. The van der Waals surface area contributed by atoms with Crippen molar-refractivity contribution in [1.82, 2.24) is 19.2 Å². The minimum atomic E-state index is -4.49. The van der Waals surface area contributed by atoms with Crippen LogP contribution in [0.3, 0.4) is 0 Å². The maximum absolute atomic E-state index is 13.9. The summed E-state index contributed by atoms with van der Waals surface area (Å²) in [6, 6.07) is 16.8. The van der Waals surface area contributed by atoms with Gasteiger partial charge in [-0.3, -0.25) is 14.1 Å². The molecule has 4 aromatic rings. The number of Topliss-reactive ketones (excluding diaryl/α,β-unsaturated/α-hetero) is 1. The Morgan fingerprint density at radius 3 is 2.58 bits per heavy atom. The zero-order chi connectivity index (χ0) is 26.7. The fourth-order valence-electron chi connectivity index (χ4n) is 4.60. The van der Waals surface area contributed by atoms with Crippen LogP contribution < -0.4 is 0 Å². The lowest BCUT2D eigenvalue weighted by molar-refractivity contribution is -0.138. The Hall–Kier alpha value is -3.93. The topological polar surface area (TPSA) is 40.8 Å². The van der Waals surface area contributed by atoms with Gasteiger partial charge in [0.1, 0.15) is 11.3 Å². The van der Waals surface area contributed by atoms with Gasteiger partial charge in [0.05, 0.1) is 11.8 Å². The number of alkyl halides is 3. The average molecular weight is 517 g/mol. The Morgan fingerprint density at radius 1 is 0.974 bits per heavy atom. The molecule has 0 radical (unpaired) electrons. The summed E-state index contributed by atoms with van der Waals surface area (Å²) in [4.78, 5) is 21.5. The summed E-state index contributed by atoms with van der Waals surface area (Å²) in [5, 5.41) is 0. The molecule has 1 aliphatic rings. The summed E-state index contributed by atoms with van der Waals surface area (Å²) in [5.74, 6) is 5.87. The lowest BCUT2D eigenvalue weighted by Gasteiger charge is -2.33. The second-order valence-corrected chi connectivity index (χ2v) is 9.57. The van der Waals surface area contributed by atoms with Crippen LogP contribution in [0.5, 0.6) is 0 Å². The molecular weight excluding hydrogens is 489 g/mol. The molecule has 2 aromatic carbocycles. The van der Waals surface area contributed by atoms with Gasteiger partial charge in [0.25, 0.3) is 0 Å². The van der Waals surface area contributed by atoms with E-state index in [1.165, 1.54) is 6.07 Å². The first-order valence-corrected chi connectivity index (χ1v) is 12.4.